The normalized spacial score (nSPS) is 11.4. The van der Waals surface area contributed by atoms with E-state index in [9.17, 15) is 0 Å². The third kappa shape index (κ3) is 3.51. The molecule has 7 aromatic rings. The number of fused-ring (bicyclic) bond motifs is 3. The molecule has 0 saturated carbocycles. The van der Waals surface area contributed by atoms with E-state index in [0.717, 1.165) is 5.69 Å². The van der Waals surface area contributed by atoms with E-state index in [2.05, 4.69) is 133 Å². The first-order chi connectivity index (χ1) is 18.3. The van der Waals surface area contributed by atoms with E-state index >= 15 is 0 Å². The highest BCUT2D eigenvalue weighted by atomic mass is 14.7. The molecule has 1 heteroatoms. The molecule has 6 aromatic carbocycles. The van der Waals surface area contributed by atoms with Crippen LogP contribution in [-0.2, 0) is 0 Å². The van der Waals surface area contributed by atoms with Crippen molar-refractivity contribution < 1.29 is 0 Å². The Hall–Kier alpha value is -4.75. The van der Waals surface area contributed by atoms with E-state index in [1.807, 2.05) is 12.3 Å². The van der Waals surface area contributed by atoms with Crippen LogP contribution in [0.4, 0.5) is 0 Å². The third-order valence-corrected chi connectivity index (χ3v) is 7.48. The van der Waals surface area contributed by atoms with Gasteiger partial charge in [0.2, 0.25) is 0 Å². The fourth-order valence-corrected chi connectivity index (χ4v) is 5.78. The highest BCUT2D eigenvalue weighted by Crippen LogP contribution is 2.45. The topological polar surface area (TPSA) is 12.9 Å². The lowest BCUT2D eigenvalue weighted by Gasteiger charge is -2.19. The Balaban J connectivity index is 1.53. The second-order valence-electron chi connectivity index (χ2n) is 9.58. The Kier molecular flexibility index (Phi) is 5.08. The van der Waals surface area contributed by atoms with Crippen LogP contribution in [0.5, 0.6) is 0 Å². The van der Waals surface area contributed by atoms with Crippen LogP contribution in [0.1, 0.15) is 5.69 Å². The number of rotatable bonds is 3. The molecule has 0 fully saturated rings. The van der Waals surface area contributed by atoms with Gasteiger partial charge in [-0.1, -0.05) is 121 Å². The number of pyridine rings is 1. The minimum absolute atomic E-state index is 1.05. The smallest absolute Gasteiger partial charge is 0.0450 e. The number of nitrogens with zero attached hydrogens (tertiary/aromatic N) is 1. The maximum absolute atomic E-state index is 4.48. The van der Waals surface area contributed by atoms with Crippen molar-refractivity contribution >= 4 is 32.3 Å². The van der Waals surface area contributed by atoms with Gasteiger partial charge in [-0.25, -0.2) is 0 Å². The highest BCUT2D eigenvalue weighted by molar-refractivity contribution is 6.23. The molecule has 0 aliphatic carbocycles. The third-order valence-electron chi connectivity index (χ3n) is 7.48. The Morgan fingerprint density at radius 3 is 1.57 bits per heavy atom. The summed E-state index contributed by atoms with van der Waals surface area (Å²) in [6.07, 6.45) is 1.85. The first kappa shape index (κ1) is 21.5. The van der Waals surface area contributed by atoms with Gasteiger partial charge in [-0.05, 0) is 73.1 Å². The number of hydrogen-bond acceptors (Lipinski definition) is 1. The highest BCUT2D eigenvalue weighted by Gasteiger charge is 2.17. The first-order valence-corrected chi connectivity index (χ1v) is 12.7. The van der Waals surface area contributed by atoms with E-state index in [-0.39, 0.29) is 0 Å². The van der Waals surface area contributed by atoms with Gasteiger partial charge in [0.15, 0.2) is 0 Å². The molecule has 0 radical (unpaired) electrons. The Bertz CT molecular complexity index is 1870. The predicted octanol–water partition coefficient (Wildman–Crippen LogP) is 9.85. The van der Waals surface area contributed by atoms with Gasteiger partial charge < -0.3 is 0 Å². The molecular formula is C36H25N. The molecule has 174 valence electrons. The van der Waals surface area contributed by atoms with Gasteiger partial charge >= 0.3 is 0 Å². The van der Waals surface area contributed by atoms with Gasteiger partial charge in [-0.3, -0.25) is 4.98 Å². The van der Waals surface area contributed by atoms with Gasteiger partial charge in [0, 0.05) is 17.5 Å². The van der Waals surface area contributed by atoms with Crippen LogP contribution >= 0.6 is 0 Å². The van der Waals surface area contributed by atoms with Gasteiger partial charge in [0.25, 0.3) is 0 Å². The molecule has 0 bridgehead atoms. The lowest BCUT2D eigenvalue weighted by atomic mass is 9.84. The van der Waals surface area contributed by atoms with Crippen molar-refractivity contribution in [3.63, 3.8) is 0 Å². The molecule has 7 rings (SSSR count). The SMILES string of the molecule is Cc1ncccc1-c1ccc(-c2c3ccccc3c(-c3cccc4ccccc34)c3ccccc23)cc1. The summed E-state index contributed by atoms with van der Waals surface area (Å²) in [5.74, 6) is 0. The summed E-state index contributed by atoms with van der Waals surface area (Å²) in [7, 11) is 0. The number of benzene rings is 6. The van der Waals surface area contributed by atoms with Gasteiger partial charge in [-0.2, -0.15) is 0 Å². The molecule has 0 aliphatic rings. The van der Waals surface area contributed by atoms with E-state index in [0.29, 0.717) is 0 Å². The van der Waals surface area contributed by atoms with Gasteiger partial charge in [-0.15, -0.1) is 0 Å². The molecule has 0 spiro atoms. The molecule has 1 nitrogen and oxygen atoms in total. The lowest BCUT2D eigenvalue weighted by molar-refractivity contribution is 1.20. The summed E-state index contributed by atoms with van der Waals surface area (Å²) >= 11 is 0. The standard InChI is InChI=1S/C36H25N/c1-24-28(18-9-23-37-24)26-19-21-27(22-20-26)35-31-13-4-6-15-33(31)36(34-16-7-5-14-32(34)35)30-17-8-11-25-10-2-3-12-29(25)30/h2-23H,1H3. The molecule has 0 amide bonds. The zero-order valence-electron chi connectivity index (χ0n) is 20.6. The summed E-state index contributed by atoms with van der Waals surface area (Å²) in [5.41, 5.74) is 8.50. The summed E-state index contributed by atoms with van der Waals surface area (Å²) in [5, 5.41) is 7.64. The van der Waals surface area contributed by atoms with Gasteiger partial charge in [0.05, 0.1) is 0 Å². The molecule has 0 aliphatic heterocycles. The first-order valence-electron chi connectivity index (χ1n) is 12.7. The van der Waals surface area contributed by atoms with Crippen LogP contribution in [0.25, 0.3) is 65.7 Å². The zero-order valence-corrected chi connectivity index (χ0v) is 20.6. The second-order valence-corrected chi connectivity index (χ2v) is 9.58. The van der Waals surface area contributed by atoms with Crippen molar-refractivity contribution in [2.75, 3.05) is 0 Å². The van der Waals surface area contributed by atoms with Crippen molar-refractivity contribution in [2.45, 2.75) is 6.92 Å². The maximum atomic E-state index is 4.48. The van der Waals surface area contributed by atoms with Gasteiger partial charge in [0.1, 0.15) is 0 Å². The monoisotopic (exact) mass is 471 g/mol. The summed E-state index contributed by atoms with van der Waals surface area (Å²) < 4.78 is 0. The lowest BCUT2D eigenvalue weighted by Crippen LogP contribution is -1.92. The molecule has 0 atom stereocenters. The minimum Gasteiger partial charge on any atom is -0.261 e. The summed E-state index contributed by atoms with van der Waals surface area (Å²) in [6, 6.07) is 46.1. The van der Waals surface area contributed by atoms with Crippen LogP contribution < -0.4 is 0 Å². The van der Waals surface area contributed by atoms with E-state index < -0.39 is 0 Å². The van der Waals surface area contributed by atoms with Crippen molar-refractivity contribution in [2.24, 2.45) is 0 Å². The average Bonchev–Trinajstić information content (AvgIpc) is 2.96. The van der Waals surface area contributed by atoms with Crippen molar-refractivity contribution in [1.82, 2.24) is 4.98 Å². The van der Waals surface area contributed by atoms with Crippen molar-refractivity contribution in [3.8, 4) is 33.4 Å². The molecule has 37 heavy (non-hydrogen) atoms. The Morgan fingerprint density at radius 2 is 0.919 bits per heavy atom. The van der Waals surface area contributed by atoms with E-state index in [4.69, 9.17) is 0 Å². The van der Waals surface area contributed by atoms with Crippen LogP contribution in [0.2, 0.25) is 0 Å². The van der Waals surface area contributed by atoms with E-state index in [1.54, 1.807) is 0 Å². The second kappa shape index (κ2) is 8.72. The van der Waals surface area contributed by atoms with Crippen molar-refractivity contribution in [3.05, 3.63) is 139 Å². The minimum atomic E-state index is 1.05. The largest absolute Gasteiger partial charge is 0.261 e. The Morgan fingerprint density at radius 1 is 0.405 bits per heavy atom. The summed E-state index contributed by atoms with van der Waals surface area (Å²) in [6.45, 7) is 2.07. The Labute approximate surface area is 216 Å². The number of aromatic nitrogens is 1. The van der Waals surface area contributed by atoms with Crippen LogP contribution in [0.3, 0.4) is 0 Å². The molecule has 0 N–H and O–H groups in total. The van der Waals surface area contributed by atoms with Crippen molar-refractivity contribution in [1.29, 1.82) is 0 Å². The fraction of sp³-hybridized carbons (Fsp3) is 0.0278. The molecule has 1 aromatic heterocycles. The molecule has 0 unspecified atom stereocenters. The van der Waals surface area contributed by atoms with Crippen LogP contribution in [0.15, 0.2) is 134 Å². The molecule has 1 heterocycles. The molecular weight excluding hydrogens is 446 g/mol. The number of aryl methyl sites for hydroxylation is 1. The van der Waals surface area contributed by atoms with E-state index in [1.165, 1.54) is 65.7 Å². The van der Waals surface area contributed by atoms with Crippen LogP contribution in [0, 0.1) is 6.92 Å². The summed E-state index contributed by atoms with van der Waals surface area (Å²) in [4.78, 5) is 4.48. The fourth-order valence-electron chi connectivity index (χ4n) is 5.78. The van der Waals surface area contributed by atoms with Crippen LogP contribution in [-0.4, -0.2) is 4.98 Å². The quantitative estimate of drug-likeness (QED) is 0.234. The average molecular weight is 472 g/mol. The number of hydrogen-bond donors (Lipinski definition) is 0. The maximum Gasteiger partial charge on any atom is 0.0450 e. The zero-order chi connectivity index (χ0) is 24.8. The molecule has 0 saturated heterocycles. The predicted molar refractivity (Wildman–Crippen MR) is 158 cm³/mol.